The first-order valence-electron chi connectivity index (χ1n) is 9.65. The molecule has 1 heterocycles. The number of unbranched alkanes of at least 4 members (excludes halogenated alkanes) is 2. The highest BCUT2D eigenvalue weighted by atomic mass is 35.5. The summed E-state index contributed by atoms with van der Waals surface area (Å²) in [4.78, 5) is 11.6. The summed E-state index contributed by atoms with van der Waals surface area (Å²) in [5.41, 5.74) is 0.621. The van der Waals surface area contributed by atoms with Crippen molar-refractivity contribution in [1.29, 1.82) is 0 Å². The number of hydrogen-bond acceptors (Lipinski definition) is 3. The number of allylic oxidation sites excluding steroid dienone is 1. The molecule has 3 rings (SSSR count). The van der Waals surface area contributed by atoms with Gasteiger partial charge in [0.25, 0.3) is 0 Å². The number of phenols is 1. The van der Waals surface area contributed by atoms with Crippen LogP contribution in [0.4, 0.5) is 0 Å². The first-order valence-corrected chi connectivity index (χ1v) is 10.8. The zero-order chi connectivity index (χ0) is 20.8. The maximum Gasteiger partial charge on any atom is 0.332 e. The van der Waals surface area contributed by atoms with Crippen LogP contribution in [0, 0.1) is 5.92 Å². The molecule has 0 bridgehead atoms. The number of phenolic OH excluding ortho intramolecular Hbond substituents is 1. The molecule has 0 saturated heterocycles. The molecular formula is C21H25Cl3O4. The molecule has 1 aliphatic heterocycles. The number of carboxylic acids is 1. The van der Waals surface area contributed by atoms with Gasteiger partial charge in [-0.25, -0.2) is 4.79 Å². The number of benzene rings is 1. The van der Waals surface area contributed by atoms with Crippen molar-refractivity contribution >= 4 is 40.8 Å². The Labute approximate surface area is 180 Å². The van der Waals surface area contributed by atoms with E-state index in [1.54, 1.807) is 0 Å². The fourth-order valence-electron chi connectivity index (χ4n) is 4.45. The Morgan fingerprint density at radius 3 is 2.50 bits per heavy atom. The molecule has 28 heavy (non-hydrogen) atoms. The number of hydrogen-bond donors (Lipinski definition) is 2. The molecule has 2 atom stereocenters. The lowest BCUT2D eigenvalue weighted by atomic mass is 9.67. The SMILES string of the molecule is CCCCCc1c(Cl)c(O)c2c(c1Cl)OC(C)(C)C1CCC(C(=O)O)=C(Cl)C21. The van der Waals surface area contributed by atoms with E-state index >= 15 is 0 Å². The topological polar surface area (TPSA) is 66.8 Å². The number of ether oxygens (including phenoxy) is 1. The van der Waals surface area contributed by atoms with Crippen molar-refractivity contribution < 1.29 is 19.7 Å². The predicted octanol–water partition coefficient (Wildman–Crippen LogP) is 6.67. The summed E-state index contributed by atoms with van der Waals surface area (Å²) in [5.74, 6) is -1.39. The molecule has 0 radical (unpaired) electrons. The van der Waals surface area contributed by atoms with Crippen molar-refractivity contribution in [3.05, 3.63) is 31.8 Å². The van der Waals surface area contributed by atoms with Crippen LogP contribution in [0.15, 0.2) is 10.6 Å². The van der Waals surface area contributed by atoms with E-state index in [9.17, 15) is 15.0 Å². The molecule has 1 aromatic carbocycles. The van der Waals surface area contributed by atoms with Crippen molar-refractivity contribution in [3.63, 3.8) is 0 Å². The second kappa shape index (κ2) is 7.97. The first-order chi connectivity index (χ1) is 13.1. The maximum absolute atomic E-state index is 11.6. The Hall–Kier alpha value is -1.10. The van der Waals surface area contributed by atoms with E-state index in [1.165, 1.54) is 0 Å². The zero-order valence-corrected chi connectivity index (χ0v) is 18.5. The number of aromatic hydroxyl groups is 1. The molecule has 2 N–H and O–H groups in total. The van der Waals surface area contributed by atoms with Gasteiger partial charge in [0.05, 0.1) is 15.6 Å². The molecule has 154 valence electrons. The monoisotopic (exact) mass is 446 g/mol. The highest BCUT2D eigenvalue weighted by molar-refractivity contribution is 6.38. The van der Waals surface area contributed by atoms with Crippen LogP contribution >= 0.6 is 34.8 Å². The van der Waals surface area contributed by atoms with Gasteiger partial charge in [0, 0.05) is 22.4 Å². The molecule has 7 heteroatoms. The summed E-state index contributed by atoms with van der Waals surface area (Å²) in [5, 5.41) is 21.3. The highest BCUT2D eigenvalue weighted by Gasteiger charge is 2.50. The Morgan fingerprint density at radius 2 is 1.89 bits per heavy atom. The normalized spacial score (nSPS) is 23.1. The average Bonchev–Trinajstić information content (AvgIpc) is 2.62. The van der Waals surface area contributed by atoms with Crippen LogP contribution in [-0.2, 0) is 11.2 Å². The third-order valence-corrected chi connectivity index (χ3v) is 7.23. The smallest absolute Gasteiger partial charge is 0.332 e. The summed E-state index contributed by atoms with van der Waals surface area (Å²) in [7, 11) is 0. The number of aliphatic carboxylic acids is 1. The number of carboxylic acid groups (broad SMARTS) is 1. The van der Waals surface area contributed by atoms with Crippen molar-refractivity contribution in [2.45, 2.75) is 70.8 Å². The van der Waals surface area contributed by atoms with Crippen molar-refractivity contribution in [2.24, 2.45) is 5.92 Å². The predicted molar refractivity (Wildman–Crippen MR) is 112 cm³/mol. The van der Waals surface area contributed by atoms with Crippen molar-refractivity contribution in [2.75, 3.05) is 0 Å². The minimum Gasteiger partial charge on any atom is -0.506 e. The van der Waals surface area contributed by atoms with Crippen LogP contribution in [0.2, 0.25) is 10.0 Å². The minimum atomic E-state index is -1.04. The molecule has 2 aliphatic rings. The van der Waals surface area contributed by atoms with E-state index in [0.717, 1.165) is 19.3 Å². The van der Waals surface area contributed by atoms with Gasteiger partial charge in [-0.15, -0.1) is 0 Å². The van der Waals surface area contributed by atoms with Crippen LogP contribution in [0.5, 0.6) is 11.5 Å². The second-order valence-electron chi connectivity index (χ2n) is 8.12. The molecule has 0 saturated carbocycles. The van der Waals surface area contributed by atoms with E-state index in [4.69, 9.17) is 39.5 Å². The van der Waals surface area contributed by atoms with Gasteiger partial charge in [0.2, 0.25) is 0 Å². The van der Waals surface area contributed by atoms with E-state index in [0.29, 0.717) is 41.2 Å². The highest BCUT2D eigenvalue weighted by Crippen LogP contribution is 2.60. The lowest BCUT2D eigenvalue weighted by Crippen LogP contribution is -2.46. The van der Waals surface area contributed by atoms with Gasteiger partial charge in [0.15, 0.2) is 0 Å². The third kappa shape index (κ3) is 3.48. The van der Waals surface area contributed by atoms with Crippen LogP contribution in [0.3, 0.4) is 0 Å². The minimum absolute atomic E-state index is 0.0976. The van der Waals surface area contributed by atoms with Gasteiger partial charge in [-0.05, 0) is 45.1 Å². The van der Waals surface area contributed by atoms with E-state index in [-0.39, 0.29) is 27.3 Å². The second-order valence-corrected chi connectivity index (χ2v) is 9.28. The number of halogens is 3. The maximum atomic E-state index is 11.6. The summed E-state index contributed by atoms with van der Waals surface area (Å²) in [6.07, 6.45) is 4.55. The summed E-state index contributed by atoms with van der Waals surface area (Å²) >= 11 is 19.8. The Balaban J connectivity index is 2.22. The van der Waals surface area contributed by atoms with Gasteiger partial charge in [-0.2, -0.15) is 0 Å². The van der Waals surface area contributed by atoms with E-state index in [2.05, 4.69) is 6.92 Å². The quantitative estimate of drug-likeness (QED) is 0.494. The molecule has 2 unspecified atom stereocenters. The number of fused-ring (bicyclic) bond motifs is 3. The third-order valence-electron chi connectivity index (χ3n) is 5.96. The summed E-state index contributed by atoms with van der Waals surface area (Å²) in [6.45, 7) is 6.00. The Kier molecular flexibility index (Phi) is 6.15. The van der Waals surface area contributed by atoms with Gasteiger partial charge >= 0.3 is 5.97 Å². The van der Waals surface area contributed by atoms with Gasteiger partial charge in [0.1, 0.15) is 17.1 Å². The zero-order valence-electron chi connectivity index (χ0n) is 16.2. The van der Waals surface area contributed by atoms with Crippen LogP contribution in [-0.4, -0.2) is 21.8 Å². The average molecular weight is 448 g/mol. The lowest BCUT2D eigenvalue weighted by Gasteiger charge is -2.47. The number of carbonyl (C=O) groups is 1. The fourth-order valence-corrected chi connectivity index (χ4v) is 5.56. The molecular weight excluding hydrogens is 423 g/mol. The largest absolute Gasteiger partial charge is 0.506 e. The van der Waals surface area contributed by atoms with Gasteiger partial charge in [-0.1, -0.05) is 54.6 Å². The molecule has 4 nitrogen and oxygen atoms in total. The van der Waals surface area contributed by atoms with Crippen LogP contribution < -0.4 is 4.74 Å². The molecule has 1 aliphatic carbocycles. The Bertz CT molecular complexity index is 845. The Morgan fingerprint density at radius 1 is 1.21 bits per heavy atom. The van der Waals surface area contributed by atoms with E-state index < -0.39 is 17.5 Å². The summed E-state index contributed by atoms with van der Waals surface area (Å²) < 4.78 is 6.27. The standard InChI is InChI=1S/C21H25Cl3O4/c1-4-5-6-7-10-16(23)18(25)14-13-12(9-8-11(15(13)22)20(26)27)21(2,3)28-19(14)17(10)24/h12-13,25H,4-9H2,1-3H3,(H,26,27). The lowest BCUT2D eigenvalue weighted by molar-refractivity contribution is -0.133. The molecule has 0 amide bonds. The molecule has 0 spiro atoms. The molecule has 0 aromatic heterocycles. The first kappa shape index (κ1) is 21.6. The molecule has 1 aromatic rings. The fraction of sp³-hybridized carbons (Fsp3) is 0.571. The molecule has 0 fully saturated rings. The van der Waals surface area contributed by atoms with Crippen LogP contribution in [0.1, 0.15) is 69.9 Å². The van der Waals surface area contributed by atoms with Gasteiger partial charge < -0.3 is 14.9 Å². The number of rotatable bonds is 5. The van der Waals surface area contributed by atoms with Gasteiger partial charge in [-0.3, -0.25) is 0 Å². The van der Waals surface area contributed by atoms with E-state index in [1.807, 2.05) is 13.8 Å². The van der Waals surface area contributed by atoms with Crippen molar-refractivity contribution in [3.8, 4) is 11.5 Å². The van der Waals surface area contributed by atoms with Crippen molar-refractivity contribution in [1.82, 2.24) is 0 Å². The summed E-state index contributed by atoms with van der Waals surface area (Å²) in [6, 6.07) is 0. The van der Waals surface area contributed by atoms with Crippen LogP contribution in [0.25, 0.3) is 0 Å².